The number of hydrogen-bond acceptors (Lipinski definition) is 5. The van der Waals surface area contributed by atoms with Crippen molar-refractivity contribution < 1.29 is 19.1 Å². The SMILES string of the molecule is C=CC(=O)N1CC(NC(=O)c2cnc(CNc3cc(C(C)(C)C)c(Cl)c(F)c3O)n2C)C1. The van der Waals surface area contributed by atoms with Crippen molar-refractivity contribution in [2.75, 3.05) is 18.4 Å². The molecule has 0 aliphatic carbocycles. The van der Waals surface area contributed by atoms with Gasteiger partial charge in [0.15, 0.2) is 11.6 Å². The molecule has 3 N–H and O–H groups in total. The average molecular weight is 464 g/mol. The van der Waals surface area contributed by atoms with Crippen molar-refractivity contribution in [1.29, 1.82) is 0 Å². The van der Waals surface area contributed by atoms with E-state index in [0.717, 1.165) is 0 Å². The Bertz CT molecular complexity index is 1070. The van der Waals surface area contributed by atoms with Crippen LogP contribution in [-0.2, 0) is 23.8 Å². The molecule has 0 atom stereocenters. The van der Waals surface area contributed by atoms with Gasteiger partial charge in [-0.1, -0.05) is 39.0 Å². The van der Waals surface area contributed by atoms with Crippen LogP contribution in [0.3, 0.4) is 0 Å². The zero-order chi connectivity index (χ0) is 23.8. The predicted octanol–water partition coefficient (Wildman–Crippen LogP) is 2.95. The van der Waals surface area contributed by atoms with E-state index in [9.17, 15) is 19.1 Å². The van der Waals surface area contributed by atoms with Crippen LogP contribution in [0.5, 0.6) is 5.75 Å². The maximum Gasteiger partial charge on any atom is 0.269 e. The van der Waals surface area contributed by atoms with Gasteiger partial charge in [0.25, 0.3) is 5.91 Å². The molecule has 2 heterocycles. The van der Waals surface area contributed by atoms with Gasteiger partial charge in [-0.2, -0.15) is 0 Å². The molecule has 0 spiro atoms. The summed E-state index contributed by atoms with van der Waals surface area (Å²) in [5, 5.41) is 15.9. The molecule has 0 radical (unpaired) electrons. The molecule has 32 heavy (non-hydrogen) atoms. The Balaban J connectivity index is 1.68. The minimum Gasteiger partial charge on any atom is -0.503 e. The summed E-state index contributed by atoms with van der Waals surface area (Å²) in [6.45, 7) is 10.1. The van der Waals surface area contributed by atoms with E-state index in [1.54, 1.807) is 22.6 Å². The second-order valence-corrected chi connectivity index (χ2v) is 9.17. The molecular weight excluding hydrogens is 437 g/mol. The van der Waals surface area contributed by atoms with Crippen molar-refractivity contribution in [3.05, 3.63) is 52.8 Å². The fourth-order valence-electron chi connectivity index (χ4n) is 3.43. The third kappa shape index (κ3) is 4.57. The number of amides is 2. The Morgan fingerprint density at radius 2 is 2.06 bits per heavy atom. The summed E-state index contributed by atoms with van der Waals surface area (Å²) in [7, 11) is 1.69. The molecule has 2 aromatic rings. The molecule has 172 valence electrons. The van der Waals surface area contributed by atoms with Crippen LogP contribution >= 0.6 is 11.6 Å². The number of imidazole rings is 1. The summed E-state index contributed by atoms with van der Waals surface area (Å²) in [6.07, 6.45) is 2.69. The number of phenols is 1. The van der Waals surface area contributed by atoms with Gasteiger partial charge < -0.3 is 25.2 Å². The number of phenolic OH excluding ortho intramolecular Hbond substituents is 1. The number of rotatable bonds is 6. The molecule has 1 fully saturated rings. The number of carbonyl (C=O) groups is 2. The Morgan fingerprint density at radius 3 is 2.66 bits per heavy atom. The van der Waals surface area contributed by atoms with Gasteiger partial charge in [0.2, 0.25) is 5.91 Å². The van der Waals surface area contributed by atoms with E-state index in [1.807, 2.05) is 20.8 Å². The minimum atomic E-state index is -0.883. The van der Waals surface area contributed by atoms with Crippen molar-refractivity contribution in [1.82, 2.24) is 19.8 Å². The van der Waals surface area contributed by atoms with E-state index in [4.69, 9.17) is 11.6 Å². The normalized spacial score (nSPS) is 14.1. The van der Waals surface area contributed by atoms with Crippen LogP contribution in [0.4, 0.5) is 10.1 Å². The van der Waals surface area contributed by atoms with Crippen molar-refractivity contribution in [2.45, 2.75) is 38.8 Å². The summed E-state index contributed by atoms with van der Waals surface area (Å²) in [4.78, 5) is 29.9. The lowest BCUT2D eigenvalue weighted by Gasteiger charge is -2.38. The quantitative estimate of drug-likeness (QED) is 0.452. The molecule has 10 heteroatoms. The van der Waals surface area contributed by atoms with Crippen LogP contribution in [0.1, 0.15) is 42.6 Å². The van der Waals surface area contributed by atoms with Crippen LogP contribution in [0, 0.1) is 5.82 Å². The summed E-state index contributed by atoms with van der Waals surface area (Å²) >= 11 is 6.08. The fraction of sp³-hybridized carbons (Fsp3) is 0.409. The number of nitrogens with zero attached hydrogens (tertiary/aromatic N) is 3. The van der Waals surface area contributed by atoms with Crippen LogP contribution in [0.25, 0.3) is 0 Å². The van der Waals surface area contributed by atoms with E-state index in [0.29, 0.717) is 30.2 Å². The van der Waals surface area contributed by atoms with E-state index >= 15 is 0 Å². The van der Waals surface area contributed by atoms with Gasteiger partial charge in [0.05, 0.1) is 29.5 Å². The number of nitrogens with one attached hydrogen (secondary N) is 2. The van der Waals surface area contributed by atoms with E-state index in [-0.39, 0.29) is 35.1 Å². The lowest BCUT2D eigenvalue weighted by atomic mass is 9.86. The van der Waals surface area contributed by atoms with Crippen molar-refractivity contribution in [2.24, 2.45) is 7.05 Å². The Kier molecular flexibility index (Phi) is 6.50. The highest BCUT2D eigenvalue weighted by Crippen LogP contribution is 2.40. The largest absolute Gasteiger partial charge is 0.503 e. The summed E-state index contributed by atoms with van der Waals surface area (Å²) in [5.41, 5.74) is 0.662. The first kappa shape index (κ1) is 23.6. The van der Waals surface area contributed by atoms with Gasteiger partial charge in [0, 0.05) is 20.1 Å². The number of aromatic nitrogens is 2. The van der Waals surface area contributed by atoms with Gasteiger partial charge in [-0.15, -0.1) is 0 Å². The van der Waals surface area contributed by atoms with Gasteiger partial charge >= 0.3 is 0 Å². The highest BCUT2D eigenvalue weighted by Gasteiger charge is 2.31. The van der Waals surface area contributed by atoms with Crippen LogP contribution in [-0.4, -0.2) is 50.5 Å². The van der Waals surface area contributed by atoms with Gasteiger partial charge in [0.1, 0.15) is 11.5 Å². The van der Waals surface area contributed by atoms with Crippen LogP contribution in [0.15, 0.2) is 24.9 Å². The molecule has 1 aromatic carbocycles. The number of benzene rings is 1. The molecule has 0 bridgehead atoms. The standard InChI is InChI=1S/C22H27ClFN5O3/c1-6-17(30)29-10-12(11-29)27-21(32)15-8-26-16(28(15)5)9-25-14-7-13(22(2,3)4)18(23)19(24)20(14)31/h6-8,12,25,31H,1,9-11H2,2-5H3,(H,27,32). The van der Waals surface area contributed by atoms with E-state index in [2.05, 4.69) is 22.2 Å². The maximum atomic E-state index is 14.4. The Labute approximate surface area is 191 Å². The van der Waals surface area contributed by atoms with Gasteiger partial charge in [-0.05, 0) is 23.1 Å². The predicted molar refractivity (Wildman–Crippen MR) is 120 cm³/mol. The number of hydrogen-bond donors (Lipinski definition) is 3. The molecule has 2 amide bonds. The molecule has 8 nitrogen and oxygen atoms in total. The first-order valence-corrected chi connectivity index (χ1v) is 10.5. The second-order valence-electron chi connectivity index (χ2n) is 8.79. The molecule has 1 aliphatic heterocycles. The zero-order valence-electron chi connectivity index (χ0n) is 18.5. The molecule has 3 rings (SSSR count). The highest BCUT2D eigenvalue weighted by atomic mass is 35.5. The van der Waals surface area contributed by atoms with E-state index < -0.39 is 17.0 Å². The molecule has 1 saturated heterocycles. The van der Waals surface area contributed by atoms with Crippen LogP contribution in [0.2, 0.25) is 5.02 Å². The Morgan fingerprint density at radius 1 is 1.41 bits per heavy atom. The number of aromatic hydroxyl groups is 1. The van der Waals surface area contributed by atoms with Gasteiger partial charge in [-0.3, -0.25) is 9.59 Å². The minimum absolute atomic E-state index is 0.110. The number of likely N-dealkylation sites (tertiary alicyclic amines) is 1. The lowest BCUT2D eigenvalue weighted by Crippen LogP contribution is -2.60. The van der Waals surface area contributed by atoms with Crippen molar-refractivity contribution in [3.63, 3.8) is 0 Å². The third-order valence-corrected chi connectivity index (χ3v) is 5.82. The Hall–Kier alpha value is -3.07. The topological polar surface area (TPSA) is 99.5 Å². The number of halogens is 2. The second kappa shape index (κ2) is 8.82. The fourth-order valence-corrected chi connectivity index (χ4v) is 3.86. The number of anilines is 1. The highest BCUT2D eigenvalue weighted by molar-refractivity contribution is 6.32. The van der Waals surface area contributed by atoms with Crippen LogP contribution < -0.4 is 10.6 Å². The average Bonchev–Trinajstić information content (AvgIpc) is 3.07. The molecule has 1 aromatic heterocycles. The molecule has 1 aliphatic rings. The summed E-state index contributed by atoms with van der Waals surface area (Å²) in [5.74, 6) is -1.41. The molecule has 0 saturated carbocycles. The zero-order valence-corrected chi connectivity index (χ0v) is 19.3. The number of carbonyl (C=O) groups excluding carboxylic acids is 2. The summed E-state index contributed by atoms with van der Waals surface area (Å²) in [6, 6.07) is 1.48. The molecular formula is C22H27ClFN5O3. The first-order chi connectivity index (χ1) is 14.9. The summed E-state index contributed by atoms with van der Waals surface area (Å²) < 4.78 is 16.0. The lowest BCUT2D eigenvalue weighted by molar-refractivity contribution is -0.130. The van der Waals surface area contributed by atoms with E-state index in [1.165, 1.54) is 12.3 Å². The van der Waals surface area contributed by atoms with Crippen molar-refractivity contribution >= 4 is 29.1 Å². The maximum absolute atomic E-state index is 14.4. The van der Waals surface area contributed by atoms with Crippen molar-refractivity contribution in [3.8, 4) is 5.75 Å². The smallest absolute Gasteiger partial charge is 0.269 e. The molecule has 0 unspecified atom stereocenters. The third-order valence-electron chi connectivity index (χ3n) is 5.45. The monoisotopic (exact) mass is 463 g/mol. The van der Waals surface area contributed by atoms with Gasteiger partial charge in [-0.25, -0.2) is 9.37 Å². The first-order valence-electron chi connectivity index (χ1n) is 10.1.